The molecule has 4 rings (SSSR count). The third-order valence-corrected chi connectivity index (χ3v) is 6.80. The van der Waals surface area contributed by atoms with Crippen LogP contribution in [0.5, 0.6) is 11.6 Å². The van der Waals surface area contributed by atoms with E-state index < -0.39 is 0 Å². The fourth-order valence-electron chi connectivity index (χ4n) is 3.33. The van der Waals surface area contributed by atoms with Gasteiger partial charge in [-0.05, 0) is 67.8 Å². The summed E-state index contributed by atoms with van der Waals surface area (Å²) >= 11 is 7.42. The number of urea groups is 1. The molecule has 2 aromatic heterocycles. The van der Waals surface area contributed by atoms with Gasteiger partial charge in [0.2, 0.25) is 5.88 Å². The van der Waals surface area contributed by atoms with E-state index in [1.165, 1.54) is 17.7 Å². The van der Waals surface area contributed by atoms with Crippen molar-refractivity contribution in [2.75, 3.05) is 17.2 Å². The fraction of sp³-hybridized carbons (Fsp3) is 0.200. The van der Waals surface area contributed by atoms with Crippen molar-refractivity contribution in [3.63, 3.8) is 0 Å². The van der Waals surface area contributed by atoms with Crippen LogP contribution in [-0.2, 0) is 0 Å². The molecule has 0 spiro atoms. The number of rotatable bonds is 7. The number of aromatic nitrogens is 2. The van der Waals surface area contributed by atoms with Crippen molar-refractivity contribution in [1.82, 2.24) is 15.3 Å². The highest BCUT2D eigenvalue weighted by atomic mass is 35.5. The van der Waals surface area contributed by atoms with Crippen molar-refractivity contribution < 1.29 is 14.3 Å². The number of nitrogens with one attached hydrogen (secondary N) is 3. The van der Waals surface area contributed by atoms with Gasteiger partial charge in [0.1, 0.15) is 16.9 Å². The van der Waals surface area contributed by atoms with Gasteiger partial charge >= 0.3 is 6.03 Å². The van der Waals surface area contributed by atoms with Gasteiger partial charge in [-0.25, -0.2) is 14.8 Å². The Hall–Kier alpha value is -3.69. The van der Waals surface area contributed by atoms with Crippen LogP contribution >= 0.6 is 22.9 Å². The number of amides is 3. The molecule has 0 atom stereocenters. The molecule has 0 aliphatic carbocycles. The second-order valence-corrected chi connectivity index (χ2v) is 9.25. The first-order valence-corrected chi connectivity index (χ1v) is 12.2. The van der Waals surface area contributed by atoms with E-state index >= 15 is 0 Å². The van der Waals surface area contributed by atoms with Crippen LogP contribution in [0, 0.1) is 13.8 Å². The molecule has 0 bridgehead atoms. The summed E-state index contributed by atoms with van der Waals surface area (Å²) in [6.07, 6.45) is 2.27. The molecule has 2 heterocycles. The lowest BCUT2D eigenvalue weighted by Gasteiger charge is -2.10. The minimum absolute atomic E-state index is 0.125. The second-order valence-electron chi connectivity index (χ2n) is 7.84. The van der Waals surface area contributed by atoms with Crippen molar-refractivity contribution in [1.29, 1.82) is 0 Å². The van der Waals surface area contributed by atoms with Crippen LogP contribution in [0.4, 0.5) is 16.2 Å². The summed E-state index contributed by atoms with van der Waals surface area (Å²) in [7, 11) is 0. The number of aryl methyl sites for hydroxylation is 2. The molecule has 0 radical (unpaired) electrons. The zero-order valence-corrected chi connectivity index (χ0v) is 21.0. The number of fused-ring (bicyclic) bond motifs is 1. The molecule has 0 aliphatic rings. The van der Waals surface area contributed by atoms with E-state index in [-0.39, 0.29) is 11.9 Å². The van der Waals surface area contributed by atoms with Gasteiger partial charge in [-0.15, -0.1) is 11.3 Å². The Labute approximate surface area is 211 Å². The smallest absolute Gasteiger partial charge is 0.323 e. The van der Waals surface area contributed by atoms with Crippen molar-refractivity contribution in [2.45, 2.75) is 27.2 Å². The Morgan fingerprint density at radius 2 is 1.74 bits per heavy atom. The van der Waals surface area contributed by atoms with Gasteiger partial charge in [0, 0.05) is 22.9 Å². The lowest BCUT2D eigenvalue weighted by molar-refractivity contribution is 0.0957. The fourth-order valence-corrected chi connectivity index (χ4v) is 4.57. The Morgan fingerprint density at radius 3 is 2.46 bits per heavy atom. The molecule has 0 unspecified atom stereocenters. The van der Waals surface area contributed by atoms with Gasteiger partial charge in [0.15, 0.2) is 0 Å². The number of hydrogen-bond donors (Lipinski definition) is 3. The summed E-state index contributed by atoms with van der Waals surface area (Å²) in [6, 6.07) is 11.8. The molecular weight excluding hydrogens is 486 g/mol. The number of hydrogen-bond acceptors (Lipinski definition) is 6. The van der Waals surface area contributed by atoms with Crippen LogP contribution < -0.4 is 20.7 Å². The van der Waals surface area contributed by atoms with Crippen LogP contribution in [0.1, 0.15) is 34.1 Å². The van der Waals surface area contributed by atoms with E-state index in [0.29, 0.717) is 49.7 Å². The topological polar surface area (TPSA) is 105 Å². The number of carbonyl (C=O) groups excluding carboxylic acids is 2. The van der Waals surface area contributed by atoms with Gasteiger partial charge in [0.25, 0.3) is 5.91 Å². The molecule has 2 aromatic carbocycles. The normalized spacial score (nSPS) is 10.7. The van der Waals surface area contributed by atoms with E-state index in [9.17, 15) is 9.59 Å². The van der Waals surface area contributed by atoms with Crippen LogP contribution in [-0.4, -0.2) is 28.5 Å². The number of carbonyl (C=O) groups is 2. The van der Waals surface area contributed by atoms with E-state index in [0.717, 1.165) is 17.5 Å². The highest BCUT2D eigenvalue weighted by Gasteiger charge is 2.20. The first kappa shape index (κ1) is 24.4. The summed E-state index contributed by atoms with van der Waals surface area (Å²) in [6.45, 7) is 6.37. The Morgan fingerprint density at radius 1 is 1.03 bits per heavy atom. The maximum atomic E-state index is 12.5. The molecule has 3 amide bonds. The van der Waals surface area contributed by atoms with Crippen LogP contribution in [0.25, 0.3) is 10.2 Å². The number of halogens is 1. The number of ether oxygens (including phenoxy) is 1. The quantitative estimate of drug-likeness (QED) is 0.262. The lowest BCUT2D eigenvalue weighted by Crippen LogP contribution is -2.23. The van der Waals surface area contributed by atoms with Gasteiger partial charge in [0.05, 0.1) is 10.3 Å². The maximum absolute atomic E-state index is 12.5. The average molecular weight is 510 g/mol. The zero-order valence-electron chi connectivity index (χ0n) is 19.4. The summed E-state index contributed by atoms with van der Waals surface area (Å²) in [5.74, 6) is 0.775. The largest absolute Gasteiger partial charge is 0.438 e. The molecule has 180 valence electrons. The maximum Gasteiger partial charge on any atom is 0.323 e. The second kappa shape index (κ2) is 10.7. The highest BCUT2D eigenvalue weighted by molar-refractivity contribution is 7.20. The summed E-state index contributed by atoms with van der Waals surface area (Å²) in [4.78, 5) is 34.7. The monoisotopic (exact) mass is 509 g/mol. The van der Waals surface area contributed by atoms with Gasteiger partial charge in [-0.3, -0.25) is 4.79 Å². The number of nitrogens with zero attached hydrogens (tertiary/aromatic N) is 2. The van der Waals surface area contributed by atoms with E-state index in [4.69, 9.17) is 16.3 Å². The molecule has 8 nitrogen and oxygen atoms in total. The lowest BCUT2D eigenvalue weighted by atomic mass is 10.2. The van der Waals surface area contributed by atoms with Gasteiger partial charge < -0.3 is 20.7 Å². The molecule has 0 saturated heterocycles. The predicted octanol–water partition coefficient (Wildman–Crippen LogP) is 6.54. The number of anilines is 2. The molecule has 35 heavy (non-hydrogen) atoms. The third kappa shape index (κ3) is 5.70. The summed E-state index contributed by atoms with van der Waals surface area (Å²) in [5.41, 5.74) is 2.89. The SMILES string of the molecule is CCCNC(=O)c1sc2ncnc(Oc3ccc(NC(=O)Nc4ccc(C)c(Cl)c4)cc3)c2c1C. The van der Waals surface area contributed by atoms with Crippen molar-refractivity contribution in [3.8, 4) is 11.6 Å². The number of thiophene rings is 1. The highest BCUT2D eigenvalue weighted by Crippen LogP contribution is 2.36. The average Bonchev–Trinajstić information content (AvgIpc) is 3.18. The van der Waals surface area contributed by atoms with Crippen molar-refractivity contribution in [2.24, 2.45) is 0 Å². The molecular formula is C25H24ClN5O3S. The predicted molar refractivity (Wildman–Crippen MR) is 140 cm³/mol. The first-order valence-electron chi connectivity index (χ1n) is 11.0. The van der Waals surface area contributed by atoms with Crippen LogP contribution in [0.3, 0.4) is 0 Å². The minimum Gasteiger partial charge on any atom is -0.438 e. The molecule has 4 aromatic rings. The van der Waals surface area contributed by atoms with Gasteiger partial charge in [-0.2, -0.15) is 0 Å². The zero-order chi connectivity index (χ0) is 24.9. The van der Waals surface area contributed by atoms with E-state index in [1.54, 1.807) is 36.4 Å². The van der Waals surface area contributed by atoms with Gasteiger partial charge in [-0.1, -0.05) is 24.6 Å². The Balaban J connectivity index is 1.46. The van der Waals surface area contributed by atoms with E-state index in [1.807, 2.05) is 26.8 Å². The van der Waals surface area contributed by atoms with Crippen molar-refractivity contribution >= 4 is 56.5 Å². The molecule has 10 heteroatoms. The Bertz CT molecular complexity index is 1390. The standard InChI is InChI=1S/C25H24ClN5O3S/c1-4-11-27-22(32)21-15(3)20-23(28-13-29-24(20)35-21)34-18-9-7-16(8-10-18)30-25(33)31-17-6-5-14(2)19(26)12-17/h5-10,12-13H,4,11H2,1-3H3,(H,27,32)(H2,30,31,33). The third-order valence-electron chi connectivity index (χ3n) is 5.19. The molecule has 0 aliphatic heterocycles. The first-order chi connectivity index (χ1) is 16.9. The number of benzene rings is 2. The van der Waals surface area contributed by atoms with E-state index in [2.05, 4.69) is 25.9 Å². The van der Waals surface area contributed by atoms with Crippen LogP contribution in [0.15, 0.2) is 48.8 Å². The summed E-state index contributed by atoms with van der Waals surface area (Å²) < 4.78 is 6.01. The minimum atomic E-state index is -0.390. The molecule has 0 fully saturated rings. The molecule has 3 N–H and O–H groups in total. The molecule has 0 saturated carbocycles. The van der Waals surface area contributed by atoms with Crippen molar-refractivity contribution in [3.05, 3.63) is 69.8 Å². The van der Waals surface area contributed by atoms with Crippen LogP contribution in [0.2, 0.25) is 5.02 Å². The Kier molecular flexibility index (Phi) is 7.48. The summed E-state index contributed by atoms with van der Waals surface area (Å²) in [5, 5.41) is 9.70.